The zero-order valence-electron chi connectivity index (χ0n) is 16.4. The van der Waals surface area contributed by atoms with Crippen molar-refractivity contribution in [2.75, 3.05) is 17.3 Å². The van der Waals surface area contributed by atoms with Gasteiger partial charge in [-0.15, -0.1) is 0 Å². The summed E-state index contributed by atoms with van der Waals surface area (Å²) in [6.07, 6.45) is 3.02. The van der Waals surface area contributed by atoms with Crippen LogP contribution in [-0.2, 0) is 0 Å². The fraction of sp³-hybridized carbons (Fsp3) is 0.0417. The molecule has 1 heterocycles. The van der Waals surface area contributed by atoms with Crippen molar-refractivity contribution in [3.8, 4) is 11.5 Å². The van der Waals surface area contributed by atoms with Crippen molar-refractivity contribution in [3.05, 3.63) is 103 Å². The number of nitrogens with zero attached hydrogens (tertiary/aromatic N) is 3. The third-order valence-corrected chi connectivity index (χ3v) is 4.45. The van der Waals surface area contributed by atoms with E-state index in [-0.39, 0.29) is 5.91 Å². The van der Waals surface area contributed by atoms with Gasteiger partial charge >= 0.3 is 0 Å². The lowest BCUT2D eigenvalue weighted by Gasteiger charge is -2.17. The molecule has 0 unspecified atom stereocenters. The van der Waals surface area contributed by atoms with Crippen LogP contribution in [0.1, 0.15) is 10.4 Å². The van der Waals surface area contributed by atoms with E-state index in [0.29, 0.717) is 17.3 Å². The van der Waals surface area contributed by atoms with E-state index in [0.717, 1.165) is 17.1 Å². The average Bonchev–Trinajstić information content (AvgIpc) is 2.81. The molecule has 0 bridgehead atoms. The van der Waals surface area contributed by atoms with Gasteiger partial charge in [0.1, 0.15) is 5.75 Å². The summed E-state index contributed by atoms with van der Waals surface area (Å²) >= 11 is 0. The number of anilines is 3. The summed E-state index contributed by atoms with van der Waals surface area (Å²) in [5.41, 5.74) is 1.93. The largest absolute Gasteiger partial charge is 0.455 e. The molecule has 30 heavy (non-hydrogen) atoms. The van der Waals surface area contributed by atoms with Crippen LogP contribution in [0, 0.1) is 0 Å². The summed E-state index contributed by atoms with van der Waals surface area (Å²) in [5.74, 6) is 1.58. The molecule has 0 atom stereocenters. The van der Waals surface area contributed by atoms with Crippen molar-refractivity contribution in [3.63, 3.8) is 0 Å². The van der Waals surface area contributed by atoms with Gasteiger partial charge in [-0.1, -0.05) is 48.5 Å². The highest BCUT2D eigenvalue weighted by molar-refractivity contribution is 6.05. The van der Waals surface area contributed by atoms with Crippen LogP contribution in [0.25, 0.3) is 0 Å². The SMILES string of the molecule is CN(C(=O)c1cnc(Nc2ccccc2Oc2ccccc2)nc1)c1ccccc1. The molecule has 6 nitrogen and oxygen atoms in total. The Morgan fingerprint density at radius 1 is 0.833 bits per heavy atom. The number of benzene rings is 3. The molecule has 6 heteroatoms. The predicted octanol–water partition coefficient (Wildman–Crippen LogP) is 5.29. The Bertz CT molecular complexity index is 1120. The standard InChI is InChI=1S/C24H20N4O2/c1-28(19-10-4-2-5-11-19)23(29)18-16-25-24(26-17-18)27-21-14-8-9-15-22(21)30-20-12-6-3-7-13-20/h2-17H,1H3,(H,25,26,27). The Balaban J connectivity index is 1.49. The lowest BCUT2D eigenvalue weighted by molar-refractivity contribution is 0.0992. The first-order chi connectivity index (χ1) is 14.7. The van der Waals surface area contributed by atoms with Crippen LogP contribution in [0.5, 0.6) is 11.5 Å². The second-order valence-electron chi connectivity index (χ2n) is 6.53. The van der Waals surface area contributed by atoms with Crippen molar-refractivity contribution in [2.24, 2.45) is 0 Å². The van der Waals surface area contributed by atoms with Crippen molar-refractivity contribution in [1.82, 2.24) is 9.97 Å². The second-order valence-corrected chi connectivity index (χ2v) is 6.53. The fourth-order valence-corrected chi connectivity index (χ4v) is 2.86. The van der Waals surface area contributed by atoms with Crippen molar-refractivity contribution in [1.29, 1.82) is 0 Å². The Morgan fingerprint density at radius 3 is 2.13 bits per heavy atom. The molecule has 3 aromatic carbocycles. The Morgan fingerprint density at radius 2 is 1.43 bits per heavy atom. The number of hydrogen-bond donors (Lipinski definition) is 1. The molecular formula is C24H20N4O2. The summed E-state index contributed by atoms with van der Waals surface area (Å²) in [4.78, 5) is 22.8. The number of para-hydroxylation sites is 4. The quantitative estimate of drug-likeness (QED) is 0.480. The maximum Gasteiger partial charge on any atom is 0.261 e. The molecule has 4 rings (SSSR count). The minimum absolute atomic E-state index is 0.180. The molecular weight excluding hydrogens is 376 g/mol. The zero-order valence-corrected chi connectivity index (χ0v) is 16.4. The van der Waals surface area contributed by atoms with Gasteiger partial charge in [0.05, 0.1) is 11.3 Å². The van der Waals surface area contributed by atoms with Gasteiger partial charge < -0.3 is 15.0 Å². The predicted molar refractivity (Wildman–Crippen MR) is 117 cm³/mol. The number of amides is 1. The second kappa shape index (κ2) is 8.87. The van der Waals surface area contributed by atoms with E-state index in [1.54, 1.807) is 11.9 Å². The highest BCUT2D eigenvalue weighted by Crippen LogP contribution is 2.30. The van der Waals surface area contributed by atoms with E-state index in [1.165, 1.54) is 12.4 Å². The van der Waals surface area contributed by atoms with Crippen LogP contribution < -0.4 is 15.0 Å². The van der Waals surface area contributed by atoms with Gasteiger partial charge in [-0.05, 0) is 36.4 Å². The maximum absolute atomic E-state index is 12.7. The minimum atomic E-state index is -0.180. The molecule has 0 aliphatic rings. The number of carbonyl (C=O) groups excluding carboxylic acids is 1. The number of ether oxygens (including phenoxy) is 1. The molecule has 0 radical (unpaired) electrons. The molecule has 0 spiro atoms. The number of nitrogens with one attached hydrogen (secondary N) is 1. The van der Waals surface area contributed by atoms with E-state index >= 15 is 0 Å². The first kappa shape index (κ1) is 19.1. The van der Waals surface area contributed by atoms with Crippen LogP contribution in [-0.4, -0.2) is 22.9 Å². The van der Waals surface area contributed by atoms with Crippen LogP contribution in [0.15, 0.2) is 97.3 Å². The minimum Gasteiger partial charge on any atom is -0.455 e. The molecule has 1 N–H and O–H groups in total. The van der Waals surface area contributed by atoms with Crippen LogP contribution in [0.2, 0.25) is 0 Å². The number of rotatable bonds is 6. The van der Waals surface area contributed by atoms with E-state index in [9.17, 15) is 4.79 Å². The first-order valence-corrected chi connectivity index (χ1v) is 9.45. The van der Waals surface area contributed by atoms with Crippen molar-refractivity contribution >= 4 is 23.2 Å². The lowest BCUT2D eigenvalue weighted by Crippen LogP contribution is -2.26. The normalized spacial score (nSPS) is 10.3. The smallest absolute Gasteiger partial charge is 0.261 e. The van der Waals surface area contributed by atoms with Gasteiger partial charge in [-0.3, -0.25) is 4.79 Å². The van der Waals surface area contributed by atoms with Gasteiger partial charge in [-0.2, -0.15) is 0 Å². The molecule has 0 fully saturated rings. The van der Waals surface area contributed by atoms with Gasteiger partial charge in [0, 0.05) is 25.1 Å². The monoisotopic (exact) mass is 396 g/mol. The summed E-state index contributed by atoms with van der Waals surface area (Å²) in [6, 6.07) is 26.5. The zero-order chi connectivity index (χ0) is 20.8. The van der Waals surface area contributed by atoms with Crippen LogP contribution >= 0.6 is 0 Å². The fourth-order valence-electron chi connectivity index (χ4n) is 2.86. The summed E-state index contributed by atoms with van der Waals surface area (Å²) in [7, 11) is 1.72. The topological polar surface area (TPSA) is 67.4 Å². The van der Waals surface area contributed by atoms with Gasteiger partial charge in [0.15, 0.2) is 5.75 Å². The van der Waals surface area contributed by atoms with Crippen molar-refractivity contribution in [2.45, 2.75) is 0 Å². The number of carbonyl (C=O) groups is 1. The summed E-state index contributed by atoms with van der Waals surface area (Å²) < 4.78 is 5.95. The van der Waals surface area contributed by atoms with Crippen LogP contribution in [0.4, 0.5) is 17.3 Å². The third kappa shape index (κ3) is 4.44. The molecule has 1 aromatic heterocycles. The Hall–Kier alpha value is -4.19. The van der Waals surface area contributed by atoms with Crippen molar-refractivity contribution < 1.29 is 9.53 Å². The number of hydrogen-bond acceptors (Lipinski definition) is 5. The van der Waals surface area contributed by atoms with E-state index in [2.05, 4.69) is 15.3 Å². The van der Waals surface area contributed by atoms with E-state index in [1.807, 2.05) is 84.9 Å². The van der Waals surface area contributed by atoms with E-state index in [4.69, 9.17) is 4.74 Å². The van der Waals surface area contributed by atoms with Crippen LogP contribution in [0.3, 0.4) is 0 Å². The Kier molecular flexibility index (Phi) is 5.66. The van der Waals surface area contributed by atoms with E-state index < -0.39 is 0 Å². The first-order valence-electron chi connectivity index (χ1n) is 9.45. The molecule has 0 saturated carbocycles. The van der Waals surface area contributed by atoms with Gasteiger partial charge in [-0.25, -0.2) is 9.97 Å². The molecule has 0 aliphatic heterocycles. The van der Waals surface area contributed by atoms with Gasteiger partial charge in [0.25, 0.3) is 5.91 Å². The van der Waals surface area contributed by atoms with Gasteiger partial charge in [0.2, 0.25) is 5.95 Å². The third-order valence-electron chi connectivity index (χ3n) is 4.45. The number of aromatic nitrogens is 2. The highest BCUT2D eigenvalue weighted by atomic mass is 16.5. The summed E-state index contributed by atoms with van der Waals surface area (Å²) in [6.45, 7) is 0. The molecule has 4 aromatic rings. The average molecular weight is 396 g/mol. The maximum atomic E-state index is 12.7. The molecule has 0 aliphatic carbocycles. The molecule has 0 saturated heterocycles. The Labute approximate surface area is 174 Å². The highest BCUT2D eigenvalue weighted by Gasteiger charge is 2.14. The molecule has 148 valence electrons. The summed E-state index contributed by atoms with van der Waals surface area (Å²) in [5, 5.41) is 3.15. The molecule has 1 amide bonds. The lowest BCUT2D eigenvalue weighted by atomic mass is 10.2.